The number of nitrogens with zero attached hydrogens (tertiary/aromatic N) is 1. The van der Waals surface area contributed by atoms with Gasteiger partial charge in [0.2, 0.25) is 11.8 Å². The number of hydrogen-bond acceptors (Lipinski definition) is 7. The van der Waals surface area contributed by atoms with Crippen LogP contribution in [0, 0.1) is 6.92 Å². The van der Waals surface area contributed by atoms with E-state index in [1.54, 1.807) is 6.92 Å². The van der Waals surface area contributed by atoms with Crippen molar-refractivity contribution in [1.82, 2.24) is 10.3 Å². The Labute approximate surface area is 199 Å². The molecule has 0 bridgehead atoms. The van der Waals surface area contributed by atoms with Crippen LogP contribution in [-0.2, 0) is 27.4 Å². The summed E-state index contributed by atoms with van der Waals surface area (Å²) in [6.45, 7) is 1.88. The Morgan fingerprint density at radius 2 is 1.70 bits per heavy atom. The number of aryl methyl sites for hydroxylation is 1. The molecule has 10 heteroatoms. The second kappa shape index (κ2) is 12.0. The first-order valence-corrected chi connectivity index (χ1v) is 11.9. The van der Waals surface area contributed by atoms with E-state index in [2.05, 4.69) is 15.6 Å². The number of benzene rings is 2. The summed E-state index contributed by atoms with van der Waals surface area (Å²) >= 11 is 2.52. The van der Waals surface area contributed by atoms with Crippen molar-refractivity contribution in [1.29, 1.82) is 0 Å². The number of primary amides is 1. The average molecular weight is 485 g/mol. The van der Waals surface area contributed by atoms with Gasteiger partial charge in [-0.3, -0.25) is 9.59 Å². The highest BCUT2D eigenvalue weighted by atomic mass is 32.2. The fourth-order valence-electron chi connectivity index (χ4n) is 2.87. The van der Waals surface area contributed by atoms with E-state index in [-0.39, 0.29) is 18.8 Å². The molecule has 0 spiro atoms. The number of thiazole rings is 1. The Morgan fingerprint density at radius 3 is 2.33 bits per heavy atom. The van der Waals surface area contributed by atoms with Crippen molar-refractivity contribution in [2.45, 2.75) is 30.2 Å². The number of anilines is 1. The van der Waals surface area contributed by atoms with E-state index in [1.807, 2.05) is 60.7 Å². The second-order valence-corrected chi connectivity index (χ2v) is 9.33. The van der Waals surface area contributed by atoms with Gasteiger partial charge in [0.05, 0.1) is 15.7 Å². The van der Waals surface area contributed by atoms with Crippen LogP contribution in [0.2, 0.25) is 0 Å². The van der Waals surface area contributed by atoms with Gasteiger partial charge in [-0.2, -0.15) is 0 Å². The molecule has 0 radical (unpaired) electrons. The summed E-state index contributed by atoms with van der Waals surface area (Å²) in [6.07, 6.45) is -0.413. The quantitative estimate of drug-likeness (QED) is 0.379. The van der Waals surface area contributed by atoms with Gasteiger partial charge in [0.15, 0.2) is 5.13 Å². The van der Waals surface area contributed by atoms with Gasteiger partial charge in [-0.1, -0.05) is 72.0 Å². The van der Waals surface area contributed by atoms with Crippen molar-refractivity contribution in [2.24, 2.45) is 5.73 Å². The van der Waals surface area contributed by atoms with Crippen LogP contribution in [0.25, 0.3) is 0 Å². The number of ether oxygens (including phenoxy) is 1. The molecule has 1 heterocycles. The number of amides is 3. The maximum atomic E-state index is 13.0. The molecule has 4 N–H and O–H groups in total. The zero-order valence-corrected chi connectivity index (χ0v) is 19.6. The molecule has 3 amide bonds. The molecule has 0 fully saturated rings. The molecule has 0 aliphatic carbocycles. The number of aromatic nitrogens is 1. The molecule has 1 atom stereocenters. The van der Waals surface area contributed by atoms with Crippen LogP contribution in [0.3, 0.4) is 0 Å². The predicted octanol–water partition coefficient (Wildman–Crippen LogP) is 3.51. The Bertz CT molecular complexity index is 1090. The fourth-order valence-corrected chi connectivity index (χ4v) is 4.75. The summed E-state index contributed by atoms with van der Waals surface area (Å²) in [4.78, 5) is 40.8. The van der Waals surface area contributed by atoms with Gasteiger partial charge in [0.25, 0.3) is 0 Å². The molecule has 33 heavy (non-hydrogen) atoms. The summed E-state index contributed by atoms with van der Waals surface area (Å²) in [5.74, 6) is -0.725. The van der Waals surface area contributed by atoms with Gasteiger partial charge >= 0.3 is 6.09 Å². The Balaban J connectivity index is 1.66. The molecule has 0 aliphatic rings. The lowest BCUT2D eigenvalue weighted by Crippen LogP contribution is -2.45. The van der Waals surface area contributed by atoms with E-state index in [4.69, 9.17) is 10.5 Å². The Morgan fingerprint density at radius 1 is 1.06 bits per heavy atom. The van der Waals surface area contributed by atoms with Crippen molar-refractivity contribution in [3.63, 3.8) is 0 Å². The first kappa shape index (κ1) is 24.3. The molecule has 2 aromatic carbocycles. The smallest absolute Gasteiger partial charge is 0.408 e. The van der Waals surface area contributed by atoms with Crippen LogP contribution >= 0.6 is 23.1 Å². The van der Waals surface area contributed by atoms with Gasteiger partial charge in [0, 0.05) is 6.42 Å². The minimum Gasteiger partial charge on any atom is -0.445 e. The number of carbonyl (C=O) groups excluding carboxylic acids is 3. The van der Waals surface area contributed by atoms with E-state index in [0.717, 1.165) is 15.3 Å². The average Bonchev–Trinajstić information content (AvgIpc) is 3.16. The molecular formula is C23H24N4O4S2. The molecule has 0 unspecified atom stereocenters. The Hall–Kier alpha value is -3.37. The number of rotatable bonds is 10. The number of hydrogen-bond donors (Lipinski definition) is 3. The number of carbonyl (C=O) groups is 3. The van der Waals surface area contributed by atoms with Crippen molar-refractivity contribution in [3.05, 3.63) is 77.5 Å². The van der Waals surface area contributed by atoms with Gasteiger partial charge in [0.1, 0.15) is 12.6 Å². The summed E-state index contributed by atoms with van der Waals surface area (Å²) in [6, 6.07) is 17.8. The topological polar surface area (TPSA) is 123 Å². The molecule has 1 aromatic heterocycles. The number of nitrogens with one attached hydrogen (secondary N) is 2. The third kappa shape index (κ3) is 7.92. The van der Waals surface area contributed by atoms with Crippen LogP contribution in [0.4, 0.5) is 9.93 Å². The first-order chi connectivity index (χ1) is 15.9. The molecule has 3 aromatic rings. The minimum absolute atomic E-state index is 0.0957. The molecular weight excluding hydrogens is 460 g/mol. The van der Waals surface area contributed by atoms with Crippen molar-refractivity contribution >= 4 is 46.1 Å². The standard InChI is InChI=1S/C23H24N4O4S2/c1-15-21(32-14-19(24)28)33-22(25-15)27-20(29)18(12-16-8-4-2-5-9-16)26-23(30)31-13-17-10-6-3-7-11-17/h2-11,18H,12-14H2,1H3,(H2,24,28)(H,26,30)(H,25,27,29)/t18-/m1/s1. The first-order valence-electron chi connectivity index (χ1n) is 10.1. The third-order valence-electron chi connectivity index (χ3n) is 4.43. The lowest BCUT2D eigenvalue weighted by Gasteiger charge is -2.18. The number of thioether (sulfide) groups is 1. The normalized spacial score (nSPS) is 11.4. The zero-order chi connectivity index (χ0) is 23.6. The highest BCUT2D eigenvalue weighted by Gasteiger charge is 2.24. The zero-order valence-electron chi connectivity index (χ0n) is 17.9. The van der Waals surface area contributed by atoms with Crippen molar-refractivity contribution in [2.75, 3.05) is 11.1 Å². The molecule has 0 saturated carbocycles. The lowest BCUT2D eigenvalue weighted by atomic mass is 10.1. The second-order valence-electron chi connectivity index (χ2n) is 7.08. The molecule has 0 saturated heterocycles. The van der Waals surface area contributed by atoms with E-state index in [1.165, 1.54) is 23.1 Å². The summed E-state index contributed by atoms with van der Waals surface area (Å²) in [5, 5.41) is 5.79. The van der Waals surface area contributed by atoms with Crippen LogP contribution in [-0.4, -0.2) is 34.7 Å². The van der Waals surface area contributed by atoms with Crippen LogP contribution in [0.15, 0.2) is 64.9 Å². The van der Waals surface area contributed by atoms with Gasteiger partial charge in [-0.25, -0.2) is 9.78 Å². The Kier molecular flexibility index (Phi) is 8.85. The molecule has 3 rings (SSSR count). The van der Waals surface area contributed by atoms with Crippen LogP contribution in [0.5, 0.6) is 0 Å². The molecule has 8 nitrogen and oxygen atoms in total. The van der Waals surface area contributed by atoms with E-state index in [9.17, 15) is 14.4 Å². The third-order valence-corrected chi connectivity index (χ3v) is 6.89. The monoisotopic (exact) mass is 484 g/mol. The summed E-state index contributed by atoms with van der Waals surface area (Å²) in [5.41, 5.74) is 7.62. The highest BCUT2D eigenvalue weighted by molar-refractivity contribution is 8.01. The predicted molar refractivity (Wildman–Crippen MR) is 129 cm³/mol. The summed E-state index contributed by atoms with van der Waals surface area (Å²) in [7, 11) is 0. The molecule has 0 aliphatic heterocycles. The summed E-state index contributed by atoms with van der Waals surface area (Å²) < 4.78 is 6.07. The lowest BCUT2D eigenvalue weighted by molar-refractivity contribution is -0.118. The fraction of sp³-hybridized carbons (Fsp3) is 0.217. The van der Waals surface area contributed by atoms with E-state index in [0.29, 0.717) is 10.8 Å². The molecule has 172 valence electrons. The highest BCUT2D eigenvalue weighted by Crippen LogP contribution is 2.31. The van der Waals surface area contributed by atoms with E-state index >= 15 is 0 Å². The number of nitrogens with two attached hydrogens (primary N) is 1. The minimum atomic E-state index is -0.874. The number of alkyl carbamates (subject to hydrolysis) is 1. The SMILES string of the molecule is Cc1nc(NC(=O)[C@@H](Cc2ccccc2)NC(=O)OCc2ccccc2)sc1SCC(N)=O. The van der Waals surface area contributed by atoms with Crippen LogP contribution in [0.1, 0.15) is 16.8 Å². The van der Waals surface area contributed by atoms with Gasteiger partial charge in [-0.15, -0.1) is 11.8 Å². The largest absolute Gasteiger partial charge is 0.445 e. The van der Waals surface area contributed by atoms with Gasteiger partial charge in [-0.05, 0) is 18.1 Å². The van der Waals surface area contributed by atoms with Gasteiger partial charge < -0.3 is 21.1 Å². The van der Waals surface area contributed by atoms with Crippen molar-refractivity contribution in [3.8, 4) is 0 Å². The van der Waals surface area contributed by atoms with E-state index < -0.39 is 23.9 Å². The van der Waals surface area contributed by atoms with Crippen LogP contribution < -0.4 is 16.4 Å². The maximum absolute atomic E-state index is 13.0. The van der Waals surface area contributed by atoms with Crippen molar-refractivity contribution < 1.29 is 19.1 Å². The maximum Gasteiger partial charge on any atom is 0.408 e.